The summed E-state index contributed by atoms with van der Waals surface area (Å²) in [5.41, 5.74) is 1.38. The monoisotopic (exact) mass is 322 g/mol. The topological polar surface area (TPSA) is 55.0 Å². The molecule has 6 heteroatoms. The third-order valence-corrected chi connectivity index (χ3v) is 5.86. The largest absolute Gasteiger partial charge is 0.369 e. The fourth-order valence-corrected chi connectivity index (χ4v) is 4.10. The molecule has 0 aromatic carbocycles. The van der Waals surface area contributed by atoms with Crippen LogP contribution in [-0.2, 0) is 17.8 Å². The summed E-state index contributed by atoms with van der Waals surface area (Å²) in [6.45, 7) is 8.38. The Bertz CT molecular complexity index is 750. The summed E-state index contributed by atoms with van der Waals surface area (Å²) in [5, 5.41) is 0.778. The zero-order valence-corrected chi connectivity index (χ0v) is 13.8. The summed E-state index contributed by atoms with van der Waals surface area (Å²) in [6.07, 6.45) is 3.40. The molecule has 0 radical (unpaired) electrons. The minimum absolute atomic E-state index is 0.0830. The third-order valence-electron chi connectivity index (χ3n) is 3.89. The van der Waals surface area contributed by atoms with Gasteiger partial charge in [-0.1, -0.05) is 24.8 Å². The lowest BCUT2D eigenvalue weighted by molar-refractivity contribution is -0.0550. The van der Waals surface area contributed by atoms with E-state index in [0.29, 0.717) is 18.5 Å². The Morgan fingerprint density at radius 1 is 1.62 bits per heavy atom. The minimum Gasteiger partial charge on any atom is -0.369 e. The van der Waals surface area contributed by atoms with Crippen molar-refractivity contribution in [1.29, 1.82) is 0 Å². The van der Waals surface area contributed by atoms with Crippen molar-refractivity contribution in [3.8, 4) is 0 Å². The van der Waals surface area contributed by atoms with Gasteiger partial charge in [0.25, 0.3) is 0 Å². The van der Waals surface area contributed by atoms with Gasteiger partial charge in [0.1, 0.15) is 10.3 Å². The molecule has 4 nitrogen and oxygen atoms in total. The highest BCUT2D eigenvalue weighted by Gasteiger charge is 2.32. The van der Waals surface area contributed by atoms with Crippen LogP contribution in [0.4, 0.5) is 0 Å². The number of nitrogens with zero attached hydrogens (tertiary/aromatic N) is 1. The van der Waals surface area contributed by atoms with Crippen molar-refractivity contribution in [2.24, 2.45) is 0 Å². The molecule has 0 spiro atoms. The van der Waals surface area contributed by atoms with Gasteiger partial charge in [0, 0.05) is 22.6 Å². The highest BCUT2D eigenvalue weighted by Crippen LogP contribution is 2.33. The van der Waals surface area contributed by atoms with Crippen molar-refractivity contribution >= 4 is 33.4 Å². The molecule has 0 aliphatic carbocycles. The number of H-pyrrole nitrogens is 1. The number of rotatable bonds is 4. The van der Waals surface area contributed by atoms with Crippen molar-refractivity contribution < 1.29 is 4.74 Å². The normalized spacial score (nSPS) is 21.4. The van der Waals surface area contributed by atoms with E-state index in [9.17, 15) is 4.79 Å². The zero-order chi connectivity index (χ0) is 15.0. The van der Waals surface area contributed by atoms with E-state index in [4.69, 9.17) is 4.74 Å². The molecule has 0 saturated heterocycles. The van der Waals surface area contributed by atoms with Crippen molar-refractivity contribution in [3.05, 3.63) is 33.3 Å². The lowest BCUT2D eigenvalue weighted by atomic mass is 9.91. The van der Waals surface area contributed by atoms with Gasteiger partial charge in [0.05, 0.1) is 12.2 Å². The molecule has 1 atom stereocenters. The quantitative estimate of drug-likeness (QED) is 0.691. The zero-order valence-electron chi connectivity index (χ0n) is 12.2. The second kappa shape index (κ2) is 5.59. The molecule has 112 valence electrons. The number of imidazole rings is 1. The van der Waals surface area contributed by atoms with E-state index in [1.807, 2.05) is 6.08 Å². The minimum atomic E-state index is -0.229. The molecule has 0 bridgehead atoms. The maximum absolute atomic E-state index is 12.7. The first-order chi connectivity index (χ1) is 10.1. The highest BCUT2D eigenvalue weighted by atomic mass is 32.2. The van der Waals surface area contributed by atoms with Crippen LogP contribution < -0.4 is 5.43 Å². The number of hydrogen-bond donors (Lipinski definition) is 1. The van der Waals surface area contributed by atoms with Crippen molar-refractivity contribution in [2.75, 3.05) is 5.75 Å². The Morgan fingerprint density at radius 3 is 3.14 bits per heavy atom. The molecular weight excluding hydrogens is 304 g/mol. The van der Waals surface area contributed by atoms with Crippen LogP contribution in [-0.4, -0.2) is 21.3 Å². The second-order valence-corrected chi connectivity index (χ2v) is 7.52. The third kappa shape index (κ3) is 2.67. The van der Waals surface area contributed by atoms with Crippen molar-refractivity contribution in [2.45, 2.75) is 44.1 Å². The first kappa shape index (κ1) is 14.8. The summed E-state index contributed by atoms with van der Waals surface area (Å²) in [7, 11) is 0. The molecule has 2 aromatic heterocycles. The highest BCUT2D eigenvalue weighted by molar-refractivity contribution is 7.99. The first-order valence-electron chi connectivity index (χ1n) is 6.98. The molecule has 1 unspecified atom stereocenters. The molecule has 0 amide bonds. The smallest absolute Gasteiger partial charge is 0.209 e. The lowest BCUT2D eigenvalue weighted by Gasteiger charge is -2.33. The van der Waals surface area contributed by atoms with Crippen LogP contribution in [0, 0.1) is 0 Å². The van der Waals surface area contributed by atoms with E-state index >= 15 is 0 Å². The summed E-state index contributed by atoms with van der Waals surface area (Å²) >= 11 is 3.12. The predicted molar refractivity (Wildman–Crippen MR) is 88.4 cm³/mol. The van der Waals surface area contributed by atoms with E-state index in [2.05, 4.69) is 30.4 Å². The Hall–Kier alpha value is -1.11. The Morgan fingerprint density at radius 2 is 2.43 bits per heavy atom. The van der Waals surface area contributed by atoms with Crippen LogP contribution in [0.15, 0.2) is 22.6 Å². The van der Waals surface area contributed by atoms with Gasteiger partial charge in [0.15, 0.2) is 5.16 Å². The van der Waals surface area contributed by atoms with Crippen LogP contribution in [0.2, 0.25) is 0 Å². The number of aromatic amines is 1. The Labute approximate surface area is 131 Å². The van der Waals surface area contributed by atoms with Crippen LogP contribution >= 0.6 is 23.1 Å². The molecule has 1 aliphatic rings. The second-order valence-electron chi connectivity index (χ2n) is 5.42. The lowest BCUT2D eigenvalue weighted by Crippen LogP contribution is -2.37. The summed E-state index contributed by atoms with van der Waals surface area (Å²) < 4.78 is 5.93. The number of ether oxygens (including phenoxy) is 1. The SMILES string of the molecule is C=CCSc1nc2sc3c(c(=O)c2[nH]1)CC(C)(CC)OC3. The van der Waals surface area contributed by atoms with Gasteiger partial charge in [-0.15, -0.1) is 17.9 Å². The first-order valence-corrected chi connectivity index (χ1v) is 8.79. The molecule has 0 saturated carbocycles. The Balaban J connectivity index is 2.07. The van der Waals surface area contributed by atoms with E-state index in [-0.39, 0.29) is 11.0 Å². The van der Waals surface area contributed by atoms with Gasteiger partial charge < -0.3 is 9.72 Å². The van der Waals surface area contributed by atoms with E-state index in [1.54, 1.807) is 23.1 Å². The summed E-state index contributed by atoms with van der Waals surface area (Å²) in [4.78, 5) is 22.2. The molecule has 0 fully saturated rings. The average molecular weight is 322 g/mol. The molecule has 3 heterocycles. The number of thioether (sulfide) groups is 1. The number of fused-ring (bicyclic) bond motifs is 2. The average Bonchev–Trinajstić information content (AvgIpc) is 2.89. The van der Waals surface area contributed by atoms with E-state index in [1.165, 1.54) is 0 Å². The van der Waals surface area contributed by atoms with E-state index < -0.39 is 0 Å². The molecule has 3 rings (SSSR count). The maximum Gasteiger partial charge on any atom is 0.209 e. The fourth-order valence-electron chi connectivity index (χ4n) is 2.41. The summed E-state index contributed by atoms with van der Waals surface area (Å²) in [5.74, 6) is 0.773. The number of aromatic nitrogens is 2. The summed E-state index contributed by atoms with van der Waals surface area (Å²) in [6, 6.07) is 0. The maximum atomic E-state index is 12.7. The molecule has 1 aliphatic heterocycles. The van der Waals surface area contributed by atoms with Gasteiger partial charge in [-0.2, -0.15) is 0 Å². The van der Waals surface area contributed by atoms with Crippen LogP contribution in [0.1, 0.15) is 30.7 Å². The van der Waals surface area contributed by atoms with Gasteiger partial charge in [0.2, 0.25) is 5.43 Å². The Kier molecular flexibility index (Phi) is 3.94. The van der Waals surface area contributed by atoms with Crippen LogP contribution in [0.5, 0.6) is 0 Å². The fraction of sp³-hybridized carbons (Fsp3) is 0.467. The van der Waals surface area contributed by atoms with Gasteiger partial charge in [-0.05, 0) is 13.3 Å². The van der Waals surface area contributed by atoms with Crippen molar-refractivity contribution in [1.82, 2.24) is 9.97 Å². The van der Waals surface area contributed by atoms with Crippen molar-refractivity contribution in [3.63, 3.8) is 0 Å². The number of hydrogen-bond acceptors (Lipinski definition) is 5. The van der Waals surface area contributed by atoms with Crippen LogP contribution in [0.25, 0.3) is 10.3 Å². The van der Waals surface area contributed by atoms with Crippen LogP contribution in [0.3, 0.4) is 0 Å². The van der Waals surface area contributed by atoms with E-state index in [0.717, 1.165) is 32.6 Å². The van der Waals surface area contributed by atoms with Gasteiger partial charge in [-0.25, -0.2) is 4.98 Å². The molecular formula is C15H18N2O2S2. The molecule has 21 heavy (non-hydrogen) atoms. The van der Waals surface area contributed by atoms with Gasteiger partial charge in [-0.3, -0.25) is 4.79 Å². The number of nitrogens with one attached hydrogen (secondary N) is 1. The standard InChI is InChI=1S/C15H18N2O2S2/c1-4-6-20-14-16-11-12(18)9-7-15(3,5-2)19-8-10(9)21-13(11)17-14/h4H,1,5-8H2,2-3H3,(H,16,17). The molecule has 2 aromatic rings. The molecule has 1 N–H and O–H groups in total. The predicted octanol–water partition coefficient (Wildman–Crippen LogP) is 3.50. The van der Waals surface area contributed by atoms with Gasteiger partial charge >= 0.3 is 0 Å².